The summed E-state index contributed by atoms with van der Waals surface area (Å²) in [5, 5.41) is 0. The molecule has 0 N–H and O–H groups in total. The highest BCUT2D eigenvalue weighted by atomic mass is 19.2. The molecule has 1 aromatic carbocycles. The van der Waals surface area contributed by atoms with E-state index in [0.717, 1.165) is 31.7 Å². The van der Waals surface area contributed by atoms with Gasteiger partial charge in [0.2, 0.25) is 0 Å². The molecule has 0 aliphatic carbocycles. The average Bonchev–Trinajstić information content (AvgIpc) is 2.85. The first-order valence-electron chi connectivity index (χ1n) is 7.30. The van der Waals surface area contributed by atoms with Crippen molar-refractivity contribution in [3.05, 3.63) is 35.4 Å². The quantitative estimate of drug-likeness (QED) is 0.834. The molecule has 1 aliphatic heterocycles. The van der Waals surface area contributed by atoms with Gasteiger partial charge in [-0.2, -0.15) is 0 Å². The second kappa shape index (κ2) is 6.52. The lowest BCUT2D eigenvalue weighted by Gasteiger charge is -2.38. The van der Waals surface area contributed by atoms with Gasteiger partial charge in [-0.3, -0.25) is 4.79 Å². The molecule has 0 bridgehead atoms. The largest absolute Gasteiger partial charge is 0.382 e. The molecule has 0 saturated carbocycles. The van der Waals surface area contributed by atoms with Gasteiger partial charge < -0.3 is 9.64 Å². The van der Waals surface area contributed by atoms with E-state index in [4.69, 9.17) is 4.74 Å². The Hall–Kier alpha value is -1.49. The van der Waals surface area contributed by atoms with Crippen molar-refractivity contribution in [3.8, 4) is 0 Å². The summed E-state index contributed by atoms with van der Waals surface area (Å²) < 4.78 is 32.5. The number of likely N-dealkylation sites (tertiary alicyclic amines) is 1. The number of carbonyl (C=O) groups excluding carboxylic acids is 1. The Bertz CT molecular complexity index is 513. The topological polar surface area (TPSA) is 29.5 Å². The number of rotatable bonds is 5. The summed E-state index contributed by atoms with van der Waals surface area (Å²) in [7, 11) is 1.60. The van der Waals surface area contributed by atoms with Gasteiger partial charge in [0, 0.05) is 13.7 Å². The van der Waals surface area contributed by atoms with Crippen molar-refractivity contribution < 1.29 is 18.3 Å². The highest BCUT2D eigenvalue weighted by molar-refractivity contribution is 5.95. The normalized spacial score (nSPS) is 21.8. The van der Waals surface area contributed by atoms with Crippen molar-refractivity contribution in [1.82, 2.24) is 4.90 Å². The molecule has 2 rings (SSSR count). The molecule has 1 fully saturated rings. The van der Waals surface area contributed by atoms with E-state index in [1.807, 2.05) is 6.92 Å². The number of amides is 1. The lowest BCUT2D eigenvalue weighted by atomic mass is 9.91. The molecule has 1 atom stereocenters. The summed E-state index contributed by atoms with van der Waals surface area (Å²) in [6.45, 7) is 3.02. The van der Waals surface area contributed by atoms with Gasteiger partial charge >= 0.3 is 0 Å². The van der Waals surface area contributed by atoms with Crippen molar-refractivity contribution in [2.24, 2.45) is 0 Å². The summed E-state index contributed by atoms with van der Waals surface area (Å²) in [6.07, 6.45) is 3.38. The fraction of sp³-hybridized carbons (Fsp3) is 0.562. The molecule has 1 aromatic rings. The molecule has 1 unspecified atom stereocenters. The zero-order valence-corrected chi connectivity index (χ0v) is 12.5. The molecule has 1 aliphatic rings. The van der Waals surface area contributed by atoms with Crippen LogP contribution in [0.4, 0.5) is 8.78 Å². The van der Waals surface area contributed by atoms with Gasteiger partial charge in [-0.25, -0.2) is 8.78 Å². The standard InChI is InChI=1S/C16H21F2NO2/c1-3-8-16(11-21-2)9-5-10-19(16)15(20)12-6-4-7-13(17)14(12)18/h4,6-7H,3,5,8-11H2,1-2H3. The molecule has 1 saturated heterocycles. The maximum atomic E-state index is 13.9. The van der Waals surface area contributed by atoms with Crippen LogP contribution in [-0.4, -0.2) is 36.6 Å². The van der Waals surface area contributed by atoms with Crippen LogP contribution in [0, 0.1) is 11.6 Å². The minimum absolute atomic E-state index is 0.200. The number of halogens is 2. The Morgan fingerprint density at radius 2 is 2.19 bits per heavy atom. The predicted octanol–water partition coefficient (Wildman–Crippen LogP) is 3.39. The van der Waals surface area contributed by atoms with Crippen LogP contribution in [0.15, 0.2) is 18.2 Å². The van der Waals surface area contributed by atoms with Crippen LogP contribution in [0.2, 0.25) is 0 Å². The summed E-state index contributed by atoms with van der Waals surface area (Å²) >= 11 is 0. The van der Waals surface area contributed by atoms with E-state index in [9.17, 15) is 13.6 Å². The second-order valence-corrected chi connectivity index (χ2v) is 5.57. The lowest BCUT2D eigenvalue weighted by Crippen LogP contribution is -2.50. The fourth-order valence-corrected chi connectivity index (χ4v) is 3.29. The number of nitrogens with zero attached hydrogens (tertiary/aromatic N) is 1. The van der Waals surface area contributed by atoms with E-state index in [2.05, 4.69) is 0 Å². The molecule has 0 radical (unpaired) electrons. The molecular formula is C16H21F2NO2. The van der Waals surface area contributed by atoms with Crippen LogP contribution < -0.4 is 0 Å². The number of carbonyl (C=O) groups is 1. The summed E-state index contributed by atoms with van der Waals surface area (Å²) in [4.78, 5) is 14.3. The maximum Gasteiger partial charge on any atom is 0.257 e. The van der Waals surface area contributed by atoms with Crippen molar-refractivity contribution in [2.75, 3.05) is 20.3 Å². The number of methoxy groups -OCH3 is 1. The second-order valence-electron chi connectivity index (χ2n) is 5.57. The number of hydrogen-bond donors (Lipinski definition) is 0. The van der Waals surface area contributed by atoms with Gasteiger partial charge in [-0.15, -0.1) is 0 Å². The third-order valence-corrected chi connectivity index (χ3v) is 4.15. The smallest absolute Gasteiger partial charge is 0.257 e. The molecule has 1 amide bonds. The SMILES string of the molecule is CCCC1(COC)CCCN1C(=O)c1cccc(F)c1F. The third-order valence-electron chi connectivity index (χ3n) is 4.15. The minimum atomic E-state index is -1.07. The van der Waals surface area contributed by atoms with Crippen LogP contribution in [0.5, 0.6) is 0 Å². The summed E-state index contributed by atoms with van der Waals surface area (Å²) in [6, 6.07) is 3.71. The maximum absolute atomic E-state index is 13.9. The van der Waals surface area contributed by atoms with Gasteiger partial charge in [-0.05, 0) is 31.4 Å². The Kier molecular flexibility index (Phi) is 4.93. The van der Waals surface area contributed by atoms with Crippen LogP contribution in [0.25, 0.3) is 0 Å². The molecule has 0 aromatic heterocycles. The zero-order valence-electron chi connectivity index (χ0n) is 12.5. The van der Waals surface area contributed by atoms with E-state index in [1.165, 1.54) is 12.1 Å². The van der Waals surface area contributed by atoms with E-state index in [0.29, 0.717) is 13.2 Å². The van der Waals surface area contributed by atoms with Crippen molar-refractivity contribution in [1.29, 1.82) is 0 Å². The highest BCUT2D eigenvalue weighted by Crippen LogP contribution is 2.35. The Morgan fingerprint density at radius 1 is 1.43 bits per heavy atom. The number of ether oxygens (including phenoxy) is 1. The summed E-state index contributed by atoms with van der Waals surface area (Å²) in [5.74, 6) is -2.51. The monoisotopic (exact) mass is 297 g/mol. The minimum Gasteiger partial charge on any atom is -0.382 e. The first-order chi connectivity index (χ1) is 10.1. The van der Waals surface area contributed by atoms with Crippen LogP contribution in [0.3, 0.4) is 0 Å². The molecule has 3 nitrogen and oxygen atoms in total. The van der Waals surface area contributed by atoms with Gasteiger partial charge in [0.05, 0.1) is 17.7 Å². The van der Waals surface area contributed by atoms with Crippen molar-refractivity contribution in [3.63, 3.8) is 0 Å². The molecule has 116 valence electrons. The first kappa shape index (κ1) is 15.9. The summed E-state index contributed by atoms with van der Waals surface area (Å²) in [5.41, 5.74) is -0.604. The average molecular weight is 297 g/mol. The van der Waals surface area contributed by atoms with E-state index >= 15 is 0 Å². The molecular weight excluding hydrogens is 276 g/mol. The molecule has 0 spiro atoms. The van der Waals surface area contributed by atoms with Gasteiger partial charge in [0.1, 0.15) is 0 Å². The van der Waals surface area contributed by atoms with Crippen molar-refractivity contribution >= 4 is 5.91 Å². The Labute approximate surface area is 123 Å². The third kappa shape index (κ3) is 2.93. The van der Waals surface area contributed by atoms with Crippen LogP contribution in [-0.2, 0) is 4.74 Å². The van der Waals surface area contributed by atoms with E-state index in [-0.39, 0.29) is 5.56 Å². The highest BCUT2D eigenvalue weighted by Gasteiger charge is 2.43. The molecule has 5 heteroatoms. The predicted molar refractivity (Wildman–Crippen MR) is 76.1 cm³/mol. The lowest BCUT2D eigenvalue weighted by molar-refractivity contribution is 0.0250. The van der Waals surface area contributed by atoms with E-state index in [1.54, 1.807) is 12.0 Å². The van der Waals surface area contributed by atoms with Gasteiger partial charge in [0.15, 0.2) is 11.6 Å². The van der Waals surface area contributed by atoms with Crippen molar-refractivity contribution in [2.45, 2.75) is 38.1 Å². The number of hydrogen-bond acceptors (Lipinski definition) is 2. The molecule has 21 heavy (non-hydrogen) atoms. The first-order valence-corrected chi connectivity index (χ1v) is 7.30. The van der Waals surface area contributed by atoms with Gasteiger partial charge in [-0.1, -0.05) is 19.4 Å². The number of benzene rings is 1. The Morgan fingerprint density at radius 3 is 2.86 bits per heavy atom. The van der Waals surface area contributed by atoms with Gasteiger partial charge in [0.25, 0.3) is 5.91 Å². The molecule has 1 heterocycles. The van der Waals surface area contributed by atoms with Crippen LogP contribution in [0.1, 0.15) is 43.0 Å². The van der Waals surface area contributed by atoms with Crippen LogP contribution >= 0.6 is 0 Å². The fourth-order valence-electron chi connectivity index (χ4n) is 3.29. The Balaban J connectivity index is 2.34. The zero-order chi connectivity index (χ0) is 15.5. The van der Waals surface area contributed by atoms with E-state index < -0.39 is 23.1 Å².